The average Bonchev–Trinajstić information content (AvgIpc) is 2.38. The number of rotatable bonds is 5. The summed E-state index contributed by atoms with van der Waals surface area (Å²) < 4.78 is 11.6. The predicted molar refractivity (Wildman–Crippen MR) is 82.8 cm³/mol. The van der Waals surface area contributed by atoms with Crippen molar-refractivity contribution in [1.29, 1.82) is 0 Å². The van der Waals surface area contributed by atoms with Crippen LogP contribution in [0.2, 0.25) is 5.02 Å². The fraction of sp³-hybridized carbons (Fsp3) is 0.133. The molecule has 2 rings (SSSR count). The highest BCUT2D eigenvalue weighted by atomic mass is 35.5. The Kier molecular flexibility index (Phi) is 4.93. The van der Waals surface area contributed by atoms with Crippen molar-refractivity contribution in [3.8, 4) is 11.1 Å². The van der Waals surface area contributed by atoms with Crippen LogP contribution in [0.4, 0.5) is 0 Å². The molecular formula is C15H14ClNO2S. The minimum Gasteiger partial charge on any atom is -0.369 e. The van der Waals surface area contributed by atoms with Crippen LogP contribution in [-0.4, -0.2) is 15.9 Å². The molecule has 3 nitrogen and oxygen atoms in total. The maximum absolute atomic E-state index is 11.6. The van der Waals surface area contributed by atoms with E-state index in [0.717, 1.165) is 16.7 Å². The number of amides is 1. The molecule has 0 aliphatic carbocycles. The second-order valence-electron chi connectivity index (χ2n) is 4.40. The van der Waals surface area contributed by atoms with Gasteiger partial charge in [0.1, 0.15) is 5.75 Å². The van der Waals surface area contributed by atoms with Gasteiger partial charge in [-0.1, -0.05) is 48.0 Å². The molecule has 0 radical (unpaired) electrons. The van der Waals surface area contributed by atoms with Crippen molar-refractivity contribution in [2.75, 3.05) is 5.75 Å². The van der Waals surface area contributed by atoms with Crippen LogP contribution in [0, 0.1) is 0 Å². The van der Waals surface area contributed by atoms with E-state index in [9.17, 15) is 9.00 Å². The number of halogens is 1. The molecule has 2 aromatic carbocycles. The van der Waals surface area contributed by atoms with Crippen molar-refractivity contribution >= 4 is 28.3 Å². The third kappa shape index (κ3) is 4.18. The molecule has 0 aliphatic heterocycles. The van der Waals surface area contributed by atoms with Gasteiger partial charge in [0, 0.05) is 21.6 Å². The maximum Gasteiger partial charge on any atom is 0.230 e. The van der Waals surface area contributed by atoms with Crippen LogP contribution in [0.25, 0.3) is 11.1 Å². The van der Waals surface area contributed by atoms with Crippen molar-refractivity contribution in [2.45, 2.75) is 5.75 Å². The summed E-state index contributed by atoms with van der Waals surface area (Å²) in [5, 5.41) is 0.689. The Morgan fingerprint density at radius 3 is 2.40 bits per heavy atom. The Morgan fingerprint density at radius 1 is 1.10 bits per heavy atom. The molecular weight excluding hydrogens is 294 g/mol. The second kappa shape index (κ2) is 6.68. The summed E-state index contributed by atoms with van der Waals surface area (Å²) in [5.74, 6) is -0.312. The highest BCUT2D eigenvalue weighted by Gasteiger charge is 2.06. The molecule has 0 saturated carbocycles. The monoisotopic (exact) mass is 307 g/mol. The molecule has 20 heavy (non-hydrogen) atoms. The van der Waals surface area contributed by atoms with E-state index < -0.39 is 16.7 Å². The standard InChI is InChI=1S/C15H14ClNO2S/c16-14-3-1-2-13(8-14)12-6-4-11(5-7-12)9-20(19)10-15(17)18/h1-8H,9-10H2,(H2,17,18)/t20-/m0/s1. The largest absolute Gasteiger partial charge is 0.369 e. The van der Waals surface area contributed by atoms with E-state index in [1.165, 1.54) is 0 Å². The van der Waals surface area contributed by atoms with Crippen molar-refractivity contribution in [3.63, 3.8) is 0 Å². The van der Waals surface area contributed by atoms with E-state index in [1.54, 1.807) is 0 Å². The summed E-state index contributed by atoms with van der Waals surface area (Å²) in [7, 11) is -1.25. The van der Waals surface area contributed by atoms with E-state index in [0.29, 0.717) is 10.8 Å². The first-order valence-electron chi connectivity index (χ1n) is 6.03. The molecule has 0 spiro atoms. The molecule has 104 valence electrons. The number of hydrogen-bond donors (Lipinski definition) is 1. The van der Waals surface area contributed by atoms with Gasteiger partial charge in [0.15, 0.2) is 0 Å². The molecule has 0 aromatic heterocycles. The summed E-state index contributed by atoms with van der Waals surface area (Å²) in [6.45, 7) is 0. The van der Waals surface area contributed by atoms with Gasteiger partial charge < -0.3 is 5.73 Å². The van der Waals surface area contributed by atoms with Crippen LogP contribution in [0.1, 0.15) is 5.56 Å². The van der Waals surface area contributed by atoms with Gasteiger partial charge in [-0.05, 0) is 28.8 Å². The fourth-order valence-electron chi connectivity index (χ4n) is 1.86. The van der Waals surface area contributed by atoms with Crippen LogP contribution in [-0.2, 0) is 21.3 Å². The Labute approximate surface area is 125 Å². The van der Waals surface area contributed by atoms with E-state index in [1.807, 2.05) is 48.5 Å². The van der Waals surface area contributed by atoms with Crippen LogP contribution < -0.4 is 5.73 Å². The molecule has 0 heterocycles. The summed E-state index contributed by atoms with van der Waals surface area (Å²) >= 11 is 5.96. The molecule has 0 aliphatic rings. The first-order valence-corrected chi connectivity index (χ1v) is 7.89. The van der Waals surface area contributed by atoms with Crippen molar-refractivity contribution in [2.24, 2.45) is 5.73 Å². The quantitative estimate of drug-likeness (QED) is 0.923. The van der Waals surface area contributed by atoms with Gasteiger partial charge >= 0.3 is 0 Å². The Hall–Kier alpha value is -1.65. The third-order valence-electron chi connectivity index (χ3n) is 2.74. The molecule has 1 amide bonds. The number of carbonyl (C=O) groups is 1. The minimum absolute atomic E-state index is 0.101. The van der Waals surface area contributed by atoms with Gasteiger partial charge in [0.25, 0.3) is 0 Å². The smallest absolute Gasteiger partial charge is 0.230 e. The molecule has 2 N–H and O–H groups in total. The lowest BCUT2D eigenvalue weighted by Gasteiger charge is -2.05. The molecule has 0 fully saturated rings. The number of benzene rings is 2. The first-order chi connectivity index (χ1) is 9.54. The zero-order valence-corrected chi connectivity index (χ0v) is 12.3. The zero-order valence-electron chi connectivity index (χ0n) is 10.7. The highest BCUT2D eigenvalue weighted by Crippen LogP contribution is 2.23. The van der Waals surface area contributed by atoms with Gasteiger partial charge in [-0.2, -0.15) is 0 Å². The fourth-order valence-corrected chi connectivity index (χ4v) is 3.03. The lowest BCUT2D eigenvalue weighted by molar-refractivity contribution is -0.115. The van der Waals surface area contributed by atoms with Crippen molar-refractivity contribution < 1.29 is 9.00 Å². The van der Waals surface area contributed by atoms with Gasteiger partial charge in [-0.3, -0.25) is 9.00 Å². The summed E-state index contributed by atoms with van der Waals surface area (Å²) in [6, 6.07) is 15.3. The number of nitrogens with two attached hydrogens (primary N) is 1. The Bertz CT molecular complexity index is 641. The highest BCUT2D eigenvalue weighted by molar-refractivity contribution is 7.84. The number of carbonyl (C=O) groups excluding carboxylic acids is 1. The topological polar surface area (TPSA) is 60.2 Å². The van der Waals surface area contributed by atoms with E-state index >= 15 is 0 Å². The number of hydrogen-bond acceptors (Lipinski definition) is 2. The van der Waals surface area contributed by atoms with Crippen molar-refractivity contribution in [1.82, 2.24) is 0 Å². The normalized spacial score (nSPS) is 12.1. The zero-order chi connectivity index (χ0) is 14.5. The van der Waals surface area contributed by atoms with Gasteiger partial charge in [0.05, 0.1) is 0 Å². The van der Waals surface area contributed by atoms with E-state index in [2.05, 4.69) is 0 Å². The summed E-state index contributed by atoms with van der Waals surface area (Å²) in [6.07, 6.45) is 0. The molecule has 0 bridgehead atoms. The average molecular weight is 308 g/mol. The van der Waals surface area contributed by atoms with Crippen molar-refractivity contribution in [3.05, 3.63) is 59.1 Å². The molecule has 5 heteroatoms. The van der Waals surface area contributed by atoms with E-state index in [-0.39, 0.29) is 5.75 Å². The van der Waals surface area contributed by atoms with Gasteiger partial charge in [-0.25, -0.2) is 0 Å². The van der Waals surface area contributed by atoms with E-state index in [4.69, 9.17) is 17.3 Å². The van der Waals surface area contributed by atoms with Crippen LogP contribution >= 0.6 is 11.6 Å². The maximum atomic E-state index is 11.6. The minimum atomic E-state index is -1.25. The molecule has 1 atom stereocenters. The van der Waals surface area contributed by atoms with Crippen LogP contribution in [0.3, 0.4) is 0 Å². The van der Waals surface area contributed by atoms with Crippen LogP contribution in [0.15, 0.2) is 48.5 Å². The lowest BCUT2D eigenvalue weighted by Crippen LogP contribution is -2.20. The molecule has 0 saturated heterocycles. The van der Waals surface area contributed by atoms with Gasteiger partial charge in [-0.15, -0.1) is 0 Å². The lowest BCUT2D eigenvalue weighted by atomic mass is 10.0. The second-order valence-corrected chi connectivity index (χ2v) is 6.30. The first kappa shape index (κ1) is 14.8. The predicted octanol–water partition coefficient (Wildman–Crippen LogP) is 2.74. The Balaban J connectivity index is 2.10. The third-order valence-corrected chi connectivity index (χ3v) is 4.24. The summed E-state index contributed by atoms with van der Waals surface area (Å²) in [5.41, 5.74) is 8.00. The SMILES string of the molecule is NC(=O)C[S@@](=O)Cc1ccc(-c2cccc(Cl)c2)cc1. The van der Waals surface area contributed by atoms with Crippen LogP contribution in [0.5, 0.6) is 0 Å². The molecule has 2 aromatic rings. The Morgan fingerprint density at radius 2 is 1.80 bits per heavy atom. The summed E-state index contributed by atoms with van der Waals surface area (Å²) in [4.78, 5) is 10.7. The number of primary amides is 1. The molecule has 0 unspecified atom stereocenters. The van der Waals surface area contributed by atoms with Gasteiger partial charge in [0.2, 0.25) is 5.91 Å².